The van der Waals surface area contributed by atoms with Crippen molar-refractivity contribution in [2.45, 2.75) is 0 Å². The van der Waals surface area contributed by atoms with Crippen LogP contribution in [0, 0.1) is 0 Å². The first-order chi connectivity index (χ1) is 8.83. The number of nitrogen functional groups attached to an aromatic ring is 1. The Morgan fingerprint density at radius 1 is 1.33 bits per heavy atom. The Bertz CT molecular complexity index is 385. The molecule has 1 fully saturated rings. The smallest absolute Gasteiger partial charge is 0.323 e. The van der Waals surface area contributed by atoms with Crippen LogP contribution in [0.1, 0.15) is 0 Å². The van der Waals surface area contributed by atoms with Gasteiger partial charge in [-0.05, 0) is 0 Å². The van der Waals surface area contributed by atoms with Gasteiger partial charge in [-0.25, -0.2) is 5.84 Å². The number of anilines is 2. The molecule has 18 heavy (non-hydrogen) atoms. The zero-order valence-electron chi connectivity index (χ0n) is 9.87. The van der Waals surface area contributed by atoms with E-state index in [0.717, 1.165) is 0 Å². The minimum atomic E-state index is -0.107. The van der Waals surface area contributed by atoms with E-state index in [9.17, 15) is 0 Å². The Labute approximate surface area is 104 Å². The monoisotopic (exact) mass is 256 g/mol. The second-order valence-corrected chi connectivity index (χ2v) is 3.56. The summed E-state index contributed by atoms with van der Waals surface area (Å²) in [6.45, 7) is 2.68. The Morgan fingerprint density at radius 3 is 2.78 bits per heavy atom. The second-order valence-electron chi connectivity index (χ2n) is 3.56. The van der Waals surface area contributed by atoms with Crippen LogP contribution in [0.25, 0.3) is 0 Å². The molecule has 1 aromatic rings. The standard InChI is InChI=1S/C9H16N6O3/c10-14-7-11-8(15-1-4-17-5-2-15)13-9(12-7)18-6-3-16/h16H,1-6,10H2,(H,11,12,13,14). The van der Waals surface area contributed by atoms with Crippen molar-refractivity contribution in [2.24, 2.45) is 5.84 Å². The molecule has 0 atom stereocenters. The van der Waals surface area contributed by atoms with Crippen molar-refractivity contribution in [3.63, 3.8) is 0 Å². The van der Waals surface area contributed by atoms with Crippen LogP contribution in [0.4, 0.5) is 11.9 Å². The van der Waals surface area contributed by atoms with Gasteiger partial charge in [0.2, 0.25) is 11.9 Å². The zero-order valence-corrected chi connectivity index (χ0v) is 9.87. The lowest BCUT2D eigenvalue weighted by Crippen LogP contribution is -2.37. The van der Waals surface area contributed by atoms with Crippen LogP contribution in [0.5, 0.6) is 6.01 Å². The Hall–Kier alpha value is -1.71. The summed E-state index contributed by atoms with van der Waals surface area (Å²) in [6, 6.07) is 0.133. The van der Waals surface area contributed by atoms with Crippen molar-refractivity contribution in [1.29, 1.82) is 0 Å². The van der Waals surface area contributed by atoms with E-state index in [2.05, 4.69) is 20.4 Å². The van der Waals surface area contributed by atoms with Crippen molar-refractivity contribution < 1.29 is 14.6 Å². The van der Waals surface area contributed by atoms with Crippen molar-refractivity contribution in [3.8, 4) is 6.01 Å². The van der Waals surface area contributed by atoms with Crippen LogP contribution in [-0.2, 0) is 4.74 Å². The van der Waals surface area contributed by atoms with Gasteiger partial charge < -0.3 is 19.5 Å². The average Bonchev–Trinajstić information content (AvgIpc) is 2.45. The average molecular weight is 256 g/mol. The maximum Gasteiger partial charge on any atom is 0.323 e. The molecule has 1 aliphatic heterocycles. The molecule has 0 bridgehead atoms. The van der Waals surface area contributed by atoms with Gasteiger partial charge in [0.25, 0.3) is 0 Å². The minimum absolute atomic E-state index is 0.107. The summed E-state index contributed by atoms with van der Waals surface area (Å²) in [5, 5.41) is 8.71. The first-order valence-electron chi connectivity index (χ1n) is 5.62. The van der Waals surface area contributed by atoms with Crippen molar-refractivity contribution in [1.82, 2.24) is 15.0 Å². The maximum atomic E-state index is 8.71. The number of nitrogens with one attached hydrogen (secondary N) is 1. The quantitative estimate of drug-likeness (QED) is 0.421. The Kier molecular flexibility index (Phi) is 4.45. The molecule has 2 rings (SSSR count). The van der Waals surface area contributed by atoms with Gasteiger partial charge in [0.1, 0.15) is 6.61 Å². The number of hydrogen-bond acceptors (Lipinski definition) is 9. The lowest BCUT2D eigenvalue weighted by Gasteiger charge is -2.26. The summed E-state index contributed by atoms with van der Waals surface area (Å²) in [5.41, 5.74) is 2.36. The molecule has 0 amide bonds. The number of rotatable bonds is 5. The fraction of sp³-hybridized carbons (Fsp3) is 0.667. The SMILES string of the molecule is NNc1nc(OCCO)nc(N2CCOCC2)n1. The summed E-state index contributed by atoms with van der Waals surface area (Å²) in [5.74, 6) is 6.00. The molecule has 1 aliphatic rings. The first-order valence-corrected chi connectivity index (χ1v) is 5.62. The van der Waals surface area contributed by atoms with Crippen molar-refractivity contribution in [2.75, 3.05) is 49.8 Å². The molecule has 9 heteroatoms. The highest BCUT2D eigenvalue weighted by Crippen LogP contribution is 2.15. The number of morpholine rings is 1. The fourth-order valence-corrected chi connectivity index (χ4v) is 1.52. The van der Waals surface area contributed by atoms with Gasteiger partial charge in [0.05, 0.1) is 19.8 Å². The zero-order chi connectivity index (χ0) is 12.8. The molecule has 1 saturated heterocycles. The molecule has 100 valence electrons. The summed E-state index contributed by atoms with van der Waals surface area (Å²) in [4.78, 5) is 14.2. The fourth-order valence-electron chi connectivity index (χ4n) is 1.52. The van der Waals surface area contributed by atoms with E-state index in [0.29, 0.717) is 32.3 Å². The van der Waals surface area contributed by atoms with Crippen molar-refractivity contribution >= 4 is 11.9 Å². The topological polar surface area (TPSA) is 119 Å². The molecular weight excluding hydrogens is 240 g/mol. The van der Waals surface area contributed by atoms with E-state index in [-0.39, 0.29) is 25.2 Å². The van der Waals surface area contributed by atoms with Gasteiger partial charge in [-0.1, -0.05) is 0 Å². The largest absolute Gasteiger partial charge is 0.461 e. The third-order valence-corrected chi connectivity index (χ3v) is 2.35. The van der Waals surface area contributed by atoms with Crippen LogP contribution in [0.15, 0.2) is 0 Å². The Balaban J connectivity index is 2.16. The normalized spacial score (nSPS) is 15.6. The van der Waals surface area contributed by atoms with E-state index in [1.54, 1.807) is 0 Å². The molecule has 0 radical (unpaired) electrons. The summed E-state index contributed by atoms with van der Waals surface area (Å²) >= 11 is 0. The molecular formula is C9H16N6O3. The third kappa shape index (κ3) is 3.15. The van der Waals surface area contributed by atoms with E-state index in [1.807, 2.05) is 4.90 Å². The van der Waals surface area contributed by atoms with Crippen LogP contribution in [0.2, 0.25) is 0 Å². The molecule has 1 aromatic heterocycles. The molecule has 0 aromatic carbocycles. The molecule has 0 unspecified atom stereocenters. The van der Waals surface area contributed by atoms with Gasteiger partial charge in [0.15, 0.2) is 0 Å². The van der Waals surface area contributed by atoms with E-state index in [4.69, 9.17) is 20.4 Å². The highest BCUT2D eigenvalue weighted by molar-refractivity contribution is 5.37. The highest BCUT2D eigenvalue weighted by Gasteiger charge is 2.16. The van der Waals surface area contributed by atoms with E-state index >= 15 is 0 Å². The number of ether oxygens (including phenoxy) is 2. The molecule has 0 aliphatic carbocycles. The van der Waals surface area contributed by atoms with Gasteiger partial charge >= 0.3 is 6.01 Å². The van der Waals surface area contributed by atoms with Crippen LogP contribution >= 0.6 is 0 Å². The van der Waals surface area contributed by atoms with Gasteiger partial charge in [-0.3, -0.25) is 5.43 Å². The highest BCUT2D eigenvalue weighted by atomic mass is 16.5. The molecule has 2 heterocycles. The minimum Gasteiger partial charge on any atom is -0.461 e. The van der Waals surface area contributed by atoms with Gasteiger partial charge in [0, 0.05) is 13.1 Å². The van der Waals surface area contributed by atoms with Crippen LogP contribution < -0.4 is 20.9 Å². The number of aliphatic hydroxyl groups is 1. The third-order valence-electron chi connectivity index (χ3n) is 2.35. The maximum absolute atomic E-state index is 8.71. The number of aliphatic hydroxyl groups excluding tert-OH is 1. The lowest BCUT2D eigenvalue weighted by atomic mass is 10.4. The second kappa shape index (κ2) is 6.28. The summed E-state index contributed by atoms with van der Waals surface area (Å²) in [7, 11) is 0. The van der Waals surface area contributed by atoms with E-state index < -0.39 is 0 Å². The Morgan fingerprint density at radius 2 is 2.11 bits per heavy atom. The predicted molar refractivity (Wildman–Crippen MR) is 63.2 cm³/mol. The summed E-state index contributed by atoms with van der Waals surface area (Å²) < 4.78 is 10.4. The molecule has 0 spiro atoms. The number of hydrogen-bond donors (Lipinski definition) is 3. The number of nitrogens with two attached hydrogens (primary N) is 1. The molecule has 0 saturated carbocycles. The first kappa shape index (κ1) is 12.7. The van der Waals surface area contributed by atoms with Gasteiger partial charge in [-0.2, -0.15) is 15.0 Å². The van der Waals surface area contributed by atoms with Crippen LogP contribution in [0.3, 0.4) is 0 Å². The summed E-state index contributed by atoms with van der Waals surface area (Å²) in [6.07, 6.45) is 0. The molecule has 9 nitrogen and oxygen atoms in total. The van der Waals surface area contributed by atoms with Crippen molar-refractivity contribution in [3.05, 3.63) is 0 Å². The molecule has 4 N–H and O–H groups in total. The van der Waals surface area contributed by atoms with E-state index in [1.165, 1.54) is 0 Å². The number of aromatic nitrogens is 3. The van der Waals surface area contributed by atoms with Crippen LogP contribution in [-0.4, -0.2) is 59.6 Å². The number of hydrazine groups is 1. The lowest BCUT2D eigenvalue weighted by molar-refractivity contribution is 0.122. The number of nitrogens with zero attached hydrogens (tertiary/aromatic N) is 4. The van der Waals surface area contributed by atoms with Gasteiger partial charge in [-0.15, -0.1) is 0 Å². The predicted octanol–water partition coefficient (Wildman–Crippen LogP) is -1.64.